The molecule has 1 aliphatic rings. The van der Waals surface area contributed by atoms with Crippen molar-refractivity contribution in [2.75, 3.05) is 18.8 Å². The second kappa shape index (κ2) is 7.56. The number of carbonyl (C=O) groups is 1. The summed E-state index contributed by atoms with van der Waals surface area (Å²) in [6.07, 6.45) is 1.17. The first kappa shape index (κ1) is 17.9. The number of nitrogens with zero attached hydrogens (tertiary/aromatic N) is 4. The summed E-state index contributed by atoms with van der Waals surface area (Å²) in [4.78, 5) is 14.4. The molecule has 0 bridgehead atoms. The lowest BCUT2D eigenvalue weighted by molar-refractivity contribution is -0.130. The number of hydrogen-bond donors (Lipinski definition) is 0. The van der Waals surface area contributed by atoms with E-state index in [0.717, 1.165) is 13.1 Å². The second-order valence-electron chi connectivity index (χ2n) is 6.88. The molecule has 7 heteroatoms. The minimum Gasteiger partial charge on any atom is -0.341 e. The van der Waals surface area contributed by atoms with Crippen LogP contribution in [0.1, 0.15) is 20.3 Å². The van der Waals surface area contributed by atoms with Crippen molar-refractivity contribution in [1.82, 2.24) is 19.7 Å². The Morgan fingerprint density at radius 2 is 1.92 bits per heavy atom. The van der Waals surface area contributed by atoms with Crippen LogP contribution in [0.4, 0.5) is 4.39 Å². The fourth-order valence-corrected chi connectivity index (χ4v) is 4.22. The molecule has 0 unspecified atom stereocenters. The zero-order chi connectivity index (χ0) is 18.0. The molecule has 2 heterocycles. The standard InChI is InChI=1S/C18H23FN4OS/c1-12-8-13(2)10-23(9-12)16(24)11-25-18-21-20-17(22(18)3)14-6-4-5-7-15(14)19/h4-7,12-13H,8-11H2,1-3H3/t12-,13-/m1/s1. The molecule has 2 atom stereocenters. The van der Waals surface area contributed by atoms with E-state index in [1.165, 1.54) is 24.2 Å². The molecule has 1 saturated heterocycles. The molecule has 0 radical (unpaired) electrons. The van der Waals surface area contributed by atoms with Crippen molar-refractivity contribution in [2.24, 2.45) is 18.9 Å². The predicted octanol–water partition coefficient (Wildman–Crippen LogP) is 3.22. The number of piperidine rings is 1. The summed E-state index contributed by atoms with van der Waals surface area (Å²) in [7, 11) is 1.79. The highest BCUT2D eigenvalue weighted by molar-refractivity contribution is 7.99. The van der Waals surface area contributed by atoms with Crippen LogP contribution in [0.2, 0.25) is 0 Å². The third-order valence-electron chi connectivity index (χ3n) is 4.50. The Labute approximate surface area is 151 Å². The van der Waals surface area contributed by atoms with E-state index in [1.54, 1.807) is 29.8 Å². The third-order valence-corrected chi connectivity index (χ3v) is 5.50. The highest BCUT2D eigenvalue weighted by Gasteiger charge is 2.25. The van der Waals surface area contributed by atoms with Crippen LogP contribution >= 0.6 is 11.8 Å². The van der Waals surface area contributed by atoms with E-state index in [1.807, 2.05) is 4.90 Å². The molecule has 1 aromatic heterocycles. The molecule has 1 aromatic carbocycles. The first-order chi connectivity index (χ1) is 12.0. The monoisotopic (exact) mass is 362 g/mol. The maximum absolute atomic E-state index is 13.9. The van der Waals surface area contributed by atoms with Crippen LogP contribution in [-0.2, 0) is 11.8 Å². The van der Waals surface area contributed by atoms with Crippen molar-refractivity contribution >= 4 is 17.7 Å². The van der Waals surface area contributed by atoms with Crippen molar-refractivity contribution < 1.29 is 9.18 Å². The summed E-state index contributed by atoms with van der Waals surface area (Å²) in [5.41, 5.74) is 0.411. The number of carbonyl (C=O) groups excluding carboxylic acids is 1. The second-order valence-corrected chi connectivity index (χ2v) is 7.82. The summed E-state index contributed by atoms with van der Waals surface area (Å²) >= 11 is 1.35. The van der Waals surface area contributed by atoms with E-state index in [4.69, 9.17) is 0 Å². The largest absolute Gasteiger partial charge is 0.341 e. The Morgan fingerprint density at radius 1 is 1.24 bits per heavy atom. The van der Waals surface area contributed by atoms with Gasteiger partial charge in [-0.1, -0.05) is 37.7 Å². The van der Waals surface area contributed by atoms with Crippen LogP contribution in [0.5, 0.6) is 0 Å². The average molecular weight is 362 g/mol. The molecule has 1 aliphatic heterocycles. The van der Waals surface area contributed by atoms with Crippen LogP contribution in [0.15, 0.2) is 29.4 Å². The Morgan fingerprint density at radius 3 is 2.60 bits per heavy atom. The number of amides is 1. The van der Waals surface area contributed by atoms with Gasteiger partial charge in [0.15, 0.2) is 11.0 Å². The van der Waals surface area contributed by atoms with Crippen LogP contribution < -0.4 is 0 Å². The number of aromatic nitrogens is 3. The van der Waals surface area contributed by atoms with Gasteiger partial charge in [0.25, 0.3) is 0 Å². The molecule has 1 amide bonds. The van der Waals surface area contributed by atoms with Crippen molar-refractivity contribution in [3.8, 4) is 11.4 Å². The molecule has 1 fully saturated rings. The summed E-state index contributed by atoms with van der Waals surface area (Å²) in [5.74, 6) is 1.66. The van der Waals surface area contributed by atoms with Crippen molar-refractivity contribution in [1.29, 1.82) is 0 Å². The molecule has 134 valence electrons. The molecule has 0 spiro atoms. The molecule has 3 rings (SSSR count). The minimum atomic E-state index is -0.332. The number of halogens is 1. The van der Waals surface area contributed by atoms with E-state index >= 15 is 0 Å². The first-order valence-corrected chi connectivity index (χ1v) is 9.49. The topological polar surface area (TPSA) is 51.0 Å². The first-order valence-electron chi connectivity index (χ1n) is 8.50. The Bertz CT molecular complexity index is 753. The summed E-state index contributed by atoms with van der Waals surface area (Å²) in [6, 6.07) is 6.49. The van der Waals surface area contributed by atoms with Gasteiger partial charge in [-0.25, -0.2) is 4.39 Å². The van der Waals surface area contributed by atoms with E-state index in [-0.39, 0.29) is 11.7 Å². The van der Waals surface area contributed by atoms with Gasteiger partial charge in [0.1, 0.15) is 5.82 Å². The maximum Gasteiger partial charge on any atom is 0.233 e. The fraction of sp³-hybridized carbons (Fsp3) is 0.500. The third kappa shape index (κ3) is 4.03. The predicted molar refractivity (Wildman–Crippen MR) is 96.6 cm³/mol. The zero-order valence-electron chi connectivity index (χ0n) is 14.8. The average Bonchev–Trinajstić information content (AvgIpc) is 2.93. The van der Waals surface area contributed by atoms with Gasteiger partial charge < -0.3 is 9.47 Å². The van der Waals surface area contributed by atoms with E-state index < -0.39 is 0 Å². The quantitative estimate of drug-likeness (QED) is 0.784. The van der Waals surface area contributed by atoms with Crippen LogP contribution in [0.25, 0.3) is 11.4 Å². The SMILES string of the molecule is C[C@@H]1C[C@@H](C)CN(C(=O)CSc2nnc(-c3ccccc3F)n2C)C1. The molecular weight excluding hydrogens is 339 g/mol. The number of thioether (sulfide) groups is 1. The van der Waals surface area contributed by atoms with Gasteiger partial charge in [0.2, 0.25) is 5.91 Å². The Hall–Kier alpha value is -1.89. The van der Waals surface area contributed by atoms with Crippen molar-refractivity contribution in [2.45, 2.75) is 25.4 Å². The van der Waals surface area contributed by atoms with Crippen LogP contribution in [-0.4, -0.2) is 44.4 Å². The van der Waals surface area contributed by atoms with Crippen molar-refractivity contribution in [3.63, 3.8) is 0 Å². The van der Waals surface area contributed by atoms with Gasteiger partial charge in [-0.15, -0.1) is 10.2 Å². The van der Waals surface area contributed by atoms with Gasteiger partial charge in [0, 0.05) is 20.1 Å². The highest BCUT2D eigenvalue weighted by Crippen LogP contribution is 2.26. The smallest absolute Gasteiger partial charge is 0.233 e. The van der Waals surface area contributed by atoms with Gasteiger partial charge in [-0.05, 0) is 30.4 Å². The van der Waals surface area contributed by atoms with E-state index in [9.17, 15) is 9.18 Å². The lowest BCUT2D eigenvalue weighted by Gasteiger charge is -2.34. The normalized spacial score (nSPS) is 20.7. The van der Waals surface area contributed by atoms with E-state index in [2.05, 4.69) is 24.0 Å². The molecule has 25 heavy (non-hydrogen) atoms. The van der Waals surface area contributed by atoms with Gasteiger partial charge >= 0.3 is 0 Å². The highest BCUT2D eigenvalue weighted by atomic mass is 32.2. The van der Waals surface area contributed by atoms with Gasteiger partial charge in [-0.2, -0.15) is 0 Å². The van der Waals surface area contributed by atoms with Gasteiger partial charge in [-0.3, -0.25) is 4.79 Å². The molecular formula is C18H23FN4OS. The minimum absolute atomic E-state index is 0.124. The number of benzene rings is 1. The number of hydrogen-bond acceptors (Lipinski definition) is 4. The zero-order valence-corrected chi connectivity index (χ0v) is 15.6. The lowest BCUT2D eigenvalue weighted by Crippen LogP contribution is -2.43. The molecule has 0 saturated carbocycles. The van der Waals surface area contributed by atoms with E-state index in [0.29, 0.717) is 34.1 Å². The molecule has 2 aromatic rings. The Balaban J connectivity index is 1.66. The van der Waals surface area contributed by atoms with Crippen LogP contribution in [0, 0.1) is 17.7 Å². The molecule has 5 nitrogen and oxygen atoms in total. The van der Waals surface area contributed by atoms with Crippen molar-refractivity contribution in [3.05, 3.63) is 30.1 Å². The van der Waals surface area contributed by atoms with Gasteiger partial charge in [0.05, 0.1) is 11.3 Å². The van der Waals surface area contributed by atoms with Crippen LogP contribution in [0.3, 0.4) is 0 Å². The summed E-state index contributed by atoms with van der Waals surface area (Å²) in [5, 5.41) is 8.82. The Kier molecular flexibility index (Phi) is 5.42. The molecule has 0 N–H and O–H groups in total. The number of likely N-dealkylation sites (tertiary alicyclic amines) is 1. The fourth-order valence-electron chi connectivity index (χ4n) is 3.40. The summed E-state index contributed by atoms with van der Waals surface area (Å²) < 4.78 is 15.7. The summed E-state index contributed by atoms with van der Waals surface area (Å²) in [6.45, 7) is 6.02. The molecule has 0 aliphatic carbocycles. The lowest BCUT2D eigenvalue weighted by atomic mass is 9.92. The maximum atomic E-state index is 13.9. The number of rotatable bonds is 4.